The monoisotopic (exact) mass is 348 g/mol. The Morgan fingerprint density at radius 1 is 1.16 bits per heavy atom. The van der Waals surface area contributed by atoms with Crippen LogP contribution in [0.5, 0.6) is 0 Å². The van der Waals surface area contributed by atoms with Crippen LogP contribution in [0.4, 0.5) is 5.69 Å². The first-order valence-electron chi connectivity index (χ1n) is 8.38. The third-order valence-electron chi connectivity index (χ3n) is 4.04. The second-order valence-corrected chi connectivity index (χ2v) is 6.48. The van der Waals surface area contributed by atoms with Gasteiger partial charge in [-0.3, -0.25) is 24.6 Å². The second-order valence-electron chi connectivity index (χ2n) is 6.48. The molecule has 1 aliphatic heterocycles. The lowest BCUT2D eigenvalue weighted by Gasteiger charge is -2.34. The zero-order chi connectivity index (χ0) is 18.4. The number of rotatable bonds is 6. The summed E-state index contributed by atoms with van der Waals surface area (Å²) in [4.78, 5) is 38.1. The Morgan fingerprint density at radius 2 is 1.76 bits per heavy atom. The molecule has 0 saturated carbocycles. The molecule has 2 rings (SSSR count). The molecule has 0 unspecified atom stereocenters. The summed E-state index contributed by atoms with van der Waals surface area (Å²) < 4.78 is 0. The third kappa shape index (κ3) is 5.82. The summed E-state index contributed by atoms with van der Waals surface area (Å²) in [5.74, 6) is 0.000733. The minimum Gasteiger partial charge on any atom is -0.353 e. The fraction of sp³-hybridized carbons (Fsp3) is 0.529. The van der Waals surface area contributed by atoms with Crippen molar-refractivity contribution in [2.24, 2.45) is 0 Å². The molecule has 0 spiro atoms. The van der Waals surface area contributed by atoms with E-state index in [-0.39, 0.29) is 30.0 Å². The van der Waals surface area contributed by atoms with E-state index in [1.807, 2.05) is 18.7 Å². The molecule has 1 fully saturated rings. The van der Waals surface area contributed by atoms with Crippen molar-refractivity contribution < 1.29 is 14.5 Å². The van der Waals surface area contributed by atoms with Crippen LogP contribution < -0.4 is 5.32 Å². The fourth-order valence-electron chi connectivity index (χ4n) is 2.75. The number of carbonyl (C=O) groups is 2. The van der Waals surface area contributed by atoms with Gasteiger partial charge in [-0.1, -0.05) is 12.1 Å². The van der Waals surface area contributed by atoms with E-state index < -0.39 is 4.92 Å². The van der Waals surface area contributed by atoms with Crippen LogP contribution in [0, 0.1) is 10.1 Å². The summed E-state index contributed by atoms with van der Waals surface area (Å²) in [6, 6.07) is 6.17. The summed E-state index contributed by atoms with van der Waals surface area (Å²) in [6.45, 7) is 6.69. The molecule has 1 aromatic rings. The quantitative estimate of drug-likeness (QED) is 0.606. The lowest BCUT2D eigenvalue weighted by Crippen LogP contribution is -2.51. The first-order valence-corrected chi connectivity index (χ1v) is 8.38. The molecular weight excluding hydrogens is 324 g/mol. The van der Waals surface area contributed by atoms with Crippen LogP contribution in [-0.4, -0.2) is 65.3 Å². The Balaban J connectivity index is 1.79. The molecule has 8 nitrogen and oxygen atoms in total. The number of non-ortho nitro benzene ring substituents is 1. The van der Waals surface area contributed by atoms with Crippen LogP contribution in [-0.2, 0) is 16.0 Å². The summed E-state index contributed by atoms with van der Waals surface area (Å²) in [5, 5.41) is 13.5. The first-order chi connectivity index (χ1) is 11.8. The van der Waals surface area contributed by atoms with Gasteiger partial charge in [-0.25, -0.2) is 0 Å². The van der Waals surface area contributed by atoms with Gasteiger partial charge in [-0.15, -0.1) is 0 Å². The SMILES string of the molecule is CC(C)NC(=O)CN1CCN(C(=O)Cc2ccc([N+](=O)[O-])cc2)CC1. The van der Waals surface area contributed by atoms with E-state index in [2.05, 4.69) is 5.32 Å². The van der Waals surface area contributed by atoms with Gasteiger partial charge < -0.3 is 10.2 Å². The van der Waals surface area contributed by atoms with E-state index in [1.54, 1.807) is 17.0 Å². The molecule has 25 heavy (non-hydrogen) atoms. The summed E-state index contributed by atoms with van der Waals surface area (Å²) in [6.07, 6.45) is 0.228. The molecular formula is C17H24N4O4. The Bertz CT molecular complexity index is 622. The van der Waals surface area contributed by atoms with Gasteiger partial charge in [0.25, 0.3) is 5.69 Å². The van der Waals surface area contributed by atoms with Crippen molar-refractivity contribution in [3.05, 3.63) is 39.9 Å². The topological polar surface area (TPSA) is 95.8 Å². The number of nitro benzene ring substituents is 1. The fourth-order valence-corrected chi connectivity index (χ4v) is 2.75. The van der Waals surface area contributed by atoms with Gasteiger partial charge in [0.1, 0.15) is 0 Å². The van der Waals surface area contributed by atoms with Gasteiger partial charge in [0.05, 0.1) is 17.9 Å². The second kappa shape index (κ2) is 8.57. The Kier molecular flexibility index (Phi) is 6.46. The molecule has 0 atom stereocenters. The van der Waals surface area contributed by atoms with Gasteiger partial charge >= 0.3 is 0 Å². The Labute approximate surface area is 146 Å². The first kappa shape index (κ1) is 18.9. The largest absolute Gasteiger partial charge is 0.353 e. The highest BCUT2D eigenvalue weighted by Gasteiger charge is 2.22. The Morgan fingerprint density at radius 3 is 2.28 bits per heavy atom. The minimum atomic E-state index is -0.458. The predicted octanol–water partition coefficient (Wildman–Crippen LogP) is 0.806. The number of nitrogens with one attached hydrogen (secondary N) is 1. The van der Waals surface area contributed by atoms with Gasteiger partial charge in [0.15, 0.2) is 0 Å². The molecule has 0 radical (unpaired) electrons. The van der Waals surface area contributed by atoms with Crippen molar-refractivity contribution in [2.45, 2.75) is 26.3 Å². The Hall–Kier alpha value is -2.48. The molecule has 2 amide bonds. The summed E-state index contributed by atoms with van der Waals surface area (Å²) in [7, 11) is 0. The van der Waals surface area contributed by atoms with Crippen molar-refractivity contribution in [1.29, 1.82) is 0 Å². The van der Waals surface area contributed by atoms with Crippen LogP contribution in [0.15, 0.2) is 24.3 Å². The summed E-state index contributed by atoms with van der Waals surface area (Å²) in [5.41, 5.74) is 0.777. The molecule has 1 aromatic carbocycles. The predicted molar refractivity (Wildman–Crippen MR) is 93.1 cm³/mol. The molecule has 1 saturated heterocycles. The average molecular weight is 348 g/mol. The maximum Gasteiger partial charge on any atom is 0.269 e. The normalized spacial score (nSPS) is 15.2. The molecule has 8 heteroatoms. The number of nitro groups is 1. The highest BCUT2D eigenvalue weighted by molar-refractivity contribution is 5.79. The minimum absolute atomic E-state index is 0.000125. The maximum absolute atomic E-state index is 12.4. The van der Waals surface area contributed by atoms with Crippen molar-refractivity contribution in [2.75, 3.05) is 32.7 Å². The molecule has 0 bridgehead atoms. The van der Waals surface area contributed by atoms with Crippen LogP contribution in [0.2, 0.25) is 0 Å². The highest BCUT2D eigenvalue weighted by atomic mass is 16.6. The maximum atomic E-state index is 12.4. The molecule has 1 N–H and O–H groups in total. The van der Waals surface area contributed by atoms with E-state index in [0.717, 1.165) is 5.56 Å². The molecule has 0 aromatic heterocycles. The van der Waals surface area contributed by atoms with Crippen molar-refractivity contribution in [3.63, 3.8) is 0 Å². The summed E-state index contributed by atoms with van der Waals surface area (Å²) >= 11 is 0. The van der Waals surface area contributed by atoms with Gasteiger partial charge in [-0.05, 0) is 19.4 Å². The standard InChI is InChI=1S/C17H24N4O4/c1-13(2)18-16(22)12-19-7-9-20(10-8-19)17(23)11-14-3-5-15(6-4-14)21(24)25/h3-6,13H,7-12H2,1-2H3,(H,18,22). The van der Waals surface area contributed by atoms with Crippen molar-refractivity contribution >= 4 is 17.5 Å². The number of benzene rings is 1. The number of nitrogens with zero attached hydrogens (tertiary/aromatic N) is 3. The van der Waals surface area contributed by atoms with Crippen molar-refractivity contribution in [3.8, 4) is 0 Å². The lowest BCUT2D eigenvalue weighted by atomic mass is 10.1. The number of hydrogen-bond donors (Lipinski definition) is 1. The van der Waals surface area contributed by atoms with Crippen molar-refractivity contribution in [1.82, 2.24) is 15.1 Å². The molecule has 136 valence electrons. The number of hydrogen-bond acceptors (Lipinski definition) is 5. The van der Waals surface area contributed by atoms with Crippen LogP contribution >= 0.6 is 0 Å². The van der Waals surface area contributed by atoms with Gasteiger partial charge in [0.2, 0.25) is 11.8 Å². The van der Waals surface area contributed by atoms with Crippen LogP contribution in [0.1, 0.15) is 19.4 Å². The van der Waals surface area contributed by atoms with Crippen LogP contribution in [0.3, 0.4) is 0 Å². The van der Waals surface area contributed by atoms with Crippen LogP contribution in [0.25, 0.3) is 0 Å². The third-order valence-corrected chi connectivity index (χ3v) is 4.04. The van der Waals surface area contributed by atoms with E-state index in [1.165, 1.54) is 12.1 Å². The number of piperazine rings is 1. The highest BCUT2D eigenvalue weighted by Crippen LogP contribution is 2.13. The van der Waals surface area contributed by atoms with E-state index in [9.17, 15) is 19.7 Å². The lowest BCUT2D eigenvalue weighted by molar-refractivity contribution is -0.384. The number of carbonyl (C=O) groups excluding carboxylic acids is 2. The zero-order valence-electron chi connectivity index (χ0n) is 14.6. The zero-order valence-corrected chi connectivity index (χ0v) is 14.6. The molecule has 0 aliphatic carbocycles. The number of amides is 2. The van der Waals surface area contributed by atoms with E-state index in [4.69, 9.17) is 0 Å². The average Bonchev–Trinajstić information content (AvgIpc) is 2.55. The van der Waals surface area contributed by atoms with E-state index >= 15 is 0 Å². The van der Waals surface area contributed by atoms with Gasteiger partial charge in [-0.2, -0.15) is 0 Å². The van der Waals surface area contributed by atoms with Gasteiger partial charge in [0, 0.05) is 44.4 Å². The van der Waals surface area contributed by atoms with E-state index in [0.29, 0.717) is 32.7 Å². The molecule has 1 heterocycles. The molecule has 1 aliphatic rings. The smallest absolute Gasteiger partial charge is 0.269 e.